The molecule has 0 aliphatic rings. The highest BCUT2D eigenvalue weighted by Crippen LogP contribution is 2.28. The number of aliphatic hydroxyl groups excluding tert-OH is 1. The Morgan fingerprint density at radius 1 is 1.78 bits per heavy atom. The molecule has 0 aromatic carbocycles. The lowest BCUT2D eigenvalue weighted by atomic mass is 10.3. The van der Waals surface area contributed by atoms with Gasteiger partial charge in [0.15, 0.2) is 0 Å². The quantitative estimate of drug-likeness (QED) is 0.735. The third kappa shape index (κ3) is 1.44. The minimum atomic E-state index is 0.0218. The van der Waals surface area contributed by atoms with Gasteiger partial charge in [0, 0.05) is 5.56 Å². The second kappa shape index (κ2) is 2.68. The predicted molar refractivity (Wildman–Crippen MR) is 42.4 cm³/mol. The van der Waals surface area contributed by atoms with Crippen LogP contribution in [0.15, 0.2) is 9.85 Å². The molecule has 0 spiro atoms. The molecule has 1 heterocycles. The third-order valence-corrected chi connectivity index (χ3v) is 2.49. The van der Waals surface area contributed by atoms with Crippen LogP contribution in [-0.4, -0.2) is 5.11 Å². The van der Waals surface area contributed by atoms with Gasteiger partial charge in [-0.05, 0) is 22.0 Å². The van der Waals surface area contributed by atoms with Gasteiger partial charge in [-0.15, -0.1) is 11.3 Å². The smallest absolute Gasteiger partial charge is 0.0924 e. The van der Waals surface area contributed by atoms with Crippen molar-refractivity contribution in [3.8, 4) is 0 Å². The Labute approximate surface area is 65.4 Å². The van der Waals surface area contributed by atoms with Crippen LogP contribution in [-0.2, 0) is 6.61 Å². The standard InChI is InChI=1S/C5H6BrNOS/c6-4-1-3(2-8)5(7)9-4/h1,8H,2,7H2. The highest BCUT2D eigenvalue weighted by atomic mass is 79.9. The van der Waals surface area contributed by atoms with Crippen LogP contribution in [0, 0.1) is 0 Å². The average Bonchev–Trinajstić information content (AvgIpc) is 2.10. The van der Waals surface area contributed by atoms with Crippen LogP contribution >= 0.6 is 27.3 Å². The SMILES string of the molecule is Nc1sc(Br)cc1CO. The first kappa shape index (κ1) is 7.05. The van der Waals surface area contributed by atoms with Gasteiger partial charge in [0.05, 0.1) is 15.4 Å². The number of nitrogens with two attached hydrogens (primary N) is 1. The van der Waals surface area contributed by atoms with Crippen molar-refractivity contribution in [2.45, 2.75) is 6.61 Å². The molecule has 3 N–H and O–H groups in total. The van der Waals surface area contributed by atoms with E-state index in [0.29, 0.717) is 5.00 Å². The highest BCUT2D eigenvalue weighted by Gasteiger charge is 2.00. The first-order valence-electron chi connectivity index (χ1n) is 2.38. The Morgan fingerprint density at radius 3 is 2.67 bits per heavy atom. The van der Waals surface area contributed by atoms with Gasteiger partial charge >= 0.3 is 0 Å². The maximum absolute atomic E-state index is 8.64. The zero-order valence-corrected chi connectivity index (χ0v) is 7.00. The fraction of sp³-hybridized carbons (Fsp3) is 0.200. The molecule has 0 fully saturated rings. The molecule has 0 saturated heterocycles. The summed E-state index contributed by atoms with van der Waals surface area (Å²) in [5, 5.41) is 9.32. The summed E-state index contributed by atoms with van der Waals surface area (Å²) in [5.41, 5.74) is 6.28. The summed E-state index contributed by atoms with van der Waals surface area (Å²) in [7, 11) is 0. The number of anilines is 1. The molecule has 1 rings (SSSR count). The van der Waals surface area contributed by atoms with Gasteiger partial charge < -0.3 is 10.8 Å². The zero-order valence-electron chi connectivity index (χ0n) is 4.60. The molecule has 0 saturated carbocycles. The zero-order chi connectivity index (χ0) is 6.85. The van der Waals surface area contributed by atoms with Crippen molar-refractivity contribution >= 4 is 32.3 Å². The Hall–Kier alpha value is -0.0600. The molecular formula is C5H6BrNOS. The van der Waals surface area contributed by atoms with E-state index in [1.54, 1.807) is 0 Å². The minimum Gasteiger partial charge on any atom is -0.392 e. The number of thiophene rings is 1. The van der Waals surface area contributed by atoms with Crippen molar-refractivity contribution in [1.29, 1.82) is 0 Å². The summed E-state index contributed by atoms with van der Waals surface area (Å²) in [6.07, 6.45) is 0. The third-order valence-electron chi connectivity index (χ3n) is 0.982. The molecule has 0 amide bonds. The molecule has 0 atom stereocenters. The molecule has 50 valence electrons. The predicted octanol–water partition coefficient (Wildman–Crippen LogP) is 1.59. The summed E-state index contributed by atoms with van der Waals surface area (Å²) in [6.45, 7) is 0.0218. The lowest BCUT2D eigenvalue weighted by molar-refractivity contribution is 0.283. The van der Waals surface area contributed by atoms with E-state index in [2.05, 4.69) is 15.9 Å². The summed E-state index contributed by atoms with van der Waals surface area (Å²) < 4.78 is 0.962. The Kier molecular flexibility index (Phi) is 2.10. The molecule has 9 heavy (non-hydrogen) atoms. The topological polar surface area (TPSA) is 46.2 Å². The lowest BCUT2D eigenvalue weighted by Gasteiger charge is -1.87. The molecule has 0 unspecified atom stereocenters. The molecule has 0 radical (unpaired) electrons. The van der Waals surface area contributed by atoms with E-state index in [1.807, 2.05) is 6.07 Å². The van der Waals surface area contributed by atoms with Gasteiger partial charge in [-0.2, -0.15) is 0 Å². The molecule has 0 aliphatic heterocycles. The van der Waals surface area contributed by atoms with Crippen LogP contribution in [0.3, 0.4) is 0 Å². The van der Waals surface area contributed by atoms with Crippen LogP contribution in [0.4, 0.5) is 5.00 Å². The number of hydrogen-bond donors (Lipinski definition) is 2. The fourth-order valence-electron chi connectivity index (χ4n) is 0.532. The number of aliphatic hydroxyl groups is 1. The van der Waals surface area contributed by atoms with Crippen LogP contribution < -0.4 is 5.73 Å². The van der Waals surface area contributed by atoms with Gasteiger partial charge in [-0.3, -0.25) is 0 Å². The number of halogens is 1. The maximum atomic E-state index is 8.64. The van der Waals surface area contributed by atoms with Gasteiger partial charge in [0.2, 0.25) is 0 Å². The maximum Gasteiger partial charge on any atom is 0.0924 e. The van der Waals surface area contributed by atoms with E-state index < -0.39 is 0 Å². The van der Waals surface area contributed by atoms with Crippen LogP contribution in [0.5, 0.6) is 0 Å². The van der Waals surface area contributed by atoms with Crippen molar-refractivity contribution in [2.24, 2.45) is 0 Å². The molecule has 0 bridgehead atoms. The molecule has 2 nitrogen and oxygen atoms in total. The van der Waals surface area contributed by atoms with E-state index in [9.17, 15) is 0 Å². The minimum absolute atomic E-state index is 0.0218. The van der Waals surface area contributed by atoms with Crippen molar-refractivity contribution in [2.75, 3.05) is 5.73 Å². The van der Waals surface area contributed by atoms with Gasteiger partial charge in [0.1, 0.15) is 0 Å². The second-order valence-electron chi connectivity index (χ2n) is 1.60. The molecular weight excluding hydrogens is 202 g/mol. The van der Waals surface area contributed by atoms with Crippen LogP contribution in [0.2, 0.25) is 0 Å². The summed E-state index contributed by atoms with van der Waals surface area (Å²) in [5.74, 6) is 0. The summed E-state index contributed by atoms with van der Waals surface area (Å²) >= 11 is 4.68. The average molecular weight is 208 g/mol. The highest BCUT2D eigenvalue weighted by molar-refractivity contribution is 9.11. The van der Waals surface area contributed by atoms with Gasteiger partial charge in [-0.1, -0.05) is 0 Å². The Balaban J connectivity index is 3.01. The Morgan fingerprint density at radius 2 is 2.44 bits per heavy atom. The first-order valence-corrected chi connectivity index (χ1v) is 3.99. The molecule has 1 aromatic heterocycles. The van der Waals surface area contributed by atoms with E-state index in [1.165, 1.54) is 11.3 Å². The van der Waals surface area contributed by atoms with E-state index in [4.69, 9.17) is 10.8 Å². The van der Waals surface area contributed by atoms with Crippen LogP contribution in [0.25, 0.3) is 0 Å². The molecule has 4 heteroatoms. The number of rotatable bonds is 1. The van der Waals surface area contributed by atoms with Crippen molar-refractivity contribution in [1.82, 2.24) is 0 Å². The molecule has 1 aromatic rings. The molecule has 0 aliphatic carbocycles. The Bertz CT molecular complexity index is 211. The van der Waals surface area contributed by atoms with Gasteiger partial charge in [0.25, 0.3) is 0 Å². The van der Waals surface area contributed by atoms with Crippen molar-refractivity contribution in [3.63, 3.8) is 0 Å². The number of hydrogen-bond acceptors (Lipinski definition) is 3. The van der Waals surface area contributed by atoms with E-state index in [-0.39, 0.29) is 6.61 Å². The van der Waals surface area contributed by atoms with Crippen molar-refractivity contribution < 1.29 is 5.11 Å². The largest absolute Gasteiger partial charge is 0.392 e. The van der Waals surface area contributed by atoms with Crippen LogP contribution in [0.1, 0.15) is 5.56 Å². The lowest BCUT2D eigenvalue weighted by Crippen LogP contribution is -1.85. The normalized spacial score (nSPS) is 10.0. The first-order chi connectivity index (χ1) is 4.24. The number of nitrogen functional groups attached to an aromatic ring is 1. The van der Waals surface area contributed by atoms with Gasteiger partial charge in [-0.25, -0.2) is 0 Å². The second-order valence-corrected chi connectivity index (χ2v) is 4.06. The summed E-state index contributed by atoms with van der Waals surface area (Å²) in [4.78, 5) is 0. The van der Waals surface area contributed by atoms with E-state index >= 15 is 0 Å². The monoisotopic (exact) mass is 207 g/mol. The van der Waals surface area contributed by atoms with E-state index in [0.717, 1.165) is 9.35 Å². The van der Waals surface area contributed by atoms with Crippen molar-refractivity contribution in [3.05, 3.63) is 15.4 Å². The summed E-state index contributed by atoms with van der Waals surface area (Å²) in [6, 6.07) is 1.82. The fourth-order valence-corrected chi connectivity index (χ4v) is 2.00.